The van der Waals surface area contributed by atoms with Crippen molar-refractivity contribution in [3.63, 3.8) is 0 Å². The summed E-state index contributed by atoms with van der Waals surface area (Å²) in [6.07, 6.45) is 3.82. The summed E-state index contributed by atoms with van der Waals surface area (Å²) in [6, 6.07) is 7.60. The molecule has 1 atom stereocenters. The molecule has 0 radical (unpaired) electrons. The first kappa shape index (κ1) is 10.7. The molecule has 13 heavy (non-hydrogen) atoms. The van der Waals surface area contributed by atoms with Gasteiger partial charge in [0.2, 0.25) is 0 Å². The van der Waals surface area contributed by atoms with E-state index in [9.17, 15) is 4.21 Å². The summed E-state index contributed by atoms with van der Waals surface area (Å²) in [6.45, 7) is 1.93. The Balaban J connectivity index is 2.83. The van der Waals surface area contributed by atoms with Crippen LogP contribution in [-0.2, 0) is 10.8 Å². The van der Waals surface area contributed by atoms with Crippen LogP contribution < -0.4 is 0 Å². The van der Waals surface area contributed by atoms with E-state index in [0.717, 1.165) is 9.37 Å². The molecule has 0 heterocycles. The molecule has 0 bridgehead atoms. The van der Waals surface area contributed by atoms with Gasteiger partial charge in [-0.3, -0.25) is 4.21 Å². The van der Waals surface area contributed by atoms with Gasteiger partial charge in [-0.15, -0.1) is 0 Å². The van der Waals surface area contributed by atoms with Gasteiger partial charge in [0.25, 0.3) is 0 Å². The van der Waals surface area contributed by atoms with E-state index in [2.05, 4.69) is 15.9 Å². The predicted octanol–water partition coefficient (Wildman–Crippen LogP) is 3.13. The Kier molecular flexibility index (Phi) is 4.39. The molecule has 0 amide bonds. The summed E-state index contributed by atoms with van der Waals surface area (Å²) in [7, 11) is -0.929. The van der Waals surface area contributed by atoms with Crippen LogP contribution in [0, 0.1) is 0 Å². The third kappa shape index (κ3) is 3.08. The van der Waals surface area contributed by atoms with Crippen LogP contribution in [0.3, 0.4) is 0 Å². The lowest BCUT2D eigenvalue weighted by molar-refractivity contribution is 0.684. The first-order valence-corrected chi connectivity index (χ1v) is 6.11. The van der Waals surface area contributed by atoms with E-state index in [-0.39, 0.29) is 0 Å². The van der Waals surface area contributed by atoms with Crippen molar-refractivity contribution in [1.29, 1.82) is 0 Å². The lowest BCUT2D eigenvalue weighted by Gasteiger charge is -2.00. The highest BCUT2D eigenvalue weighted by Crippen LogP contribution is 2.19. The second kappa shape index (κ2) is 5.35. The van der Waals surface area contributed by atoms with Crippen LogP contribution >= 0.6 is 15.9 Å². The quantitative estimate of drug-likeness (QED) is 0.762. The molecule has 1 rings (SSSR count). The molecule has 0 N–H and O–H groups in total. The van der Waals surface area contributed by atoms with Crippen LogP contribution in [0.25, 0.3) is 0 Å². The van der Waals surface area contributed by atoms with Crippen LogP contribution in [0.1, 0.15) is 6.92 Å². The minimum atomic E-state index is -0.929. The minimum Gasteiger partial charge on any atom is -0.254 e. The lowest BCUT2D eigenvalue weighted by atomic mass is 10.4. The Morgan fingerprint density at radius 1 is 1.46 bits per heavy atom. The minimum absolute atomic E-state index is 0.582. The maximum Gasteiger partial charge on any atom is 0.0579 e. The smallest absolute Gasteiger partial charge is 0.0579 e. The Morgan fingerprint density at radius 2 is 2.15 bits per heavy atom. The summed E-state index contributed by atoms with van der Waals surface area (Å²) in [5.74, 6) is 0.582. The molecule has 1 nitrogen and oxygen atoms in total. The van der Waals surface area contributed by atoms with Gasteiger partial charge < -0.3 is 0 Å². The van der Waals surface area contributed by atoms with Crippen molar-refractivity contribution in [2.75, 3.05) is 5.75 Å². The van der Waals surface area contributed by atoms with Crippen LogP contribution in [0.15, 0.2) is 45.8 Å². The fraction of sp³-hybridized carbons (Fsp3) is 0.200. The Hall–Kier alpha value is -0.410. The van der Waals surface area contributed by atoms with E-state index in [0.29, 0.717) is 5.75 Å². The van der Waals surface area contributed by atoms with E-state index >= 15 is 0 Å². The number of allylic oxidation sites excluding steroid dienone is 1. The molecule has 0 saturated heterocycles. The number of benzene rings is 1. The molecule has 1 aromatic carbocycles. The van der Waals surface area contributed by atoms with Gasteiger partial charge in [0.15, 0.2) is 0 Å². The predicted molar refractivity (Wildman–Crippen MR) is 60.2 cm³/mol. The topological polar surface area (TPSA) is 17.1 Å². The third-order valence-corrected chi connectivity index (χ3v) is 3.86. The standard InChI is InChI=1S/C10H11BrOS/c1-2-3-8-13(12)10-7-5-4-6-9(10)11/h2-7H,8H2,1H3/b3-2+. The average Bonchev–Trinajstić information content (AvgIpc) is 2.15. The molecule has 0 aliphatic rings. The van der Waals surface area contributed by atoms with Crippen molar-refractivity contribution in [3.8, 4) is 0 Å². The number of hydrogen-bond donors (Lipinski definition) is 0. The molecule has 0 saturated carbocycles. The zero-order valence-corrected chi connectivity index (χ0v) is 9.77. The second-order valence-electron chi connectivity index (χ2n) is 2.51. The Labute approximate surface area is 89.4 Å². The molecule has 70 valence electrons. The fourth-order valence-electron chi connectivity index (χ4n) is 0.903. The zero-order valence-electron chi connectivity index (χ0n) is 7.37. The molecule has 0 aromatic heterocycles. The SMILES string of the molecule is C/C=C/CS(=O)c1ccccc1Br. The van der Waals surface area contributed by atoms with Crippen LogP contribution in [0.4, 0.5) is 0 Å². The molecule has 0 spiro atoms. The lowest BCUT2D eigenvalue weighted by Crippen LogP contribution is -1.95. The first-order chi connectivity index (χ1) is 6.25. The van der Waals surface area contributed by atoms with Gasteiger partial charge in [-0.1, -0.05) is 24.3 Å². The number of hydrogen-bond acceptors (Lipinski definition) is 1. The van der Waals surface area contributed by atoms with Gasteiger partial charge in [-0.05, 0) is 35.0 Å². The molecule has 3 heteroatoms. The van der Waals surface area contributed by atoms with Crippen molar-refractivity contribution in [1.82, 2.24) is 0 Å². The number of halogens is 1. The van der Waals surface area contributed by atoms with E-state index in [4.69, 9.17) is 0 Å². The maximum atomic E-state index is 11.7. The van der Waals surface area contributed by atoms with E-state index in [1.807, 2.05) is 43.3 Å². The van der Waals surface area contributed by atoms with Gasteiger partial charge in [-0.25, -0.2) is 0 Å². The highest BCUT2D eigenvalue weighted by molar-refractivity contribution is 9.10. The Bertz CT molecular complexity index is 333. The highest BCUT2D eigenvalue weighted by Gasteiger charge is 2.04. The van der Waals surface area contributed by atoms with Crippen LogP contribution in [0.5, 0.6) is 0 Å². The first-order valence-electron chi connectivity index (χ1n) is 3.99. The number of rotatable bonds is 3. The van der Waals surface area contributed by atoms with Gasteiger partial charge in [0.1, 0.15) is 0 Å². The van der Waals surface area contributed by atoms with Crippen LogP contribution in [-0.4, -0.2) is 9.96 Å². The average molecular weight is 259 g/mol. The molecular weight excluding hydrogens is 248 g/mol. The Morgan fingerprint density at radius 3 is 2.77 bits per heavy atom. The molecule has 0 fully saturated rings. The summed E-state index contributed by atoms with van der Waals surface area (Å²) >= 11 is 3.37. The van der Waals surface area contributed by atoms with E-state index in [1.165, 1.54) is 0 Å². The fourth-order valence-corrected chi connectivity index (χ4v) is 2.79. The van der Waals surface area contributed by atoms with Gasteiger partial charge in [0.05, 0.1) is 15.7 Å². The van der Waals surface area contributed by atoms with Crippen molar-refractivity contribution >= 4 is 26.7 Å². The molecule has 0 aliphatic heterocycles. The van der Waals surface area contributed by atoms with Crippen molar-refractivity contribution in [2.45, 2.75) is 11.8 Å². The van der Waals surface area contributed by atoms with E-state index < -0.39 is 10.8 Å². The second-order valence-corrected chi connectivity index (χ2v) is 4.83. The normalized spacial score (nSPS) is 13.4. The summed E-state index contributed by atoms with van der Waals surface area (Å²) in [5, 5.41) is 0. The van der Waals surface area contributed by atoms with Crippen molar-refractivity contribution in [3.05, 3.63) is 40.9 Å². The zero-order chi connectivity index (χ0) is 9.68. The molecule has 0 aliphatic carbocycles. The third-order valence-electron chi connectivity index (χ3n) is 1.57. The molecule has 1 unspecified atom stereocenters. The van der Waals surface area contributed by atoms with E-state index in [1.54, 1.807) is 0 Å². The van der Waals surface area contributed by atoms with Crippen molar-refractivity contribution in [2.24, 2.45) is 0 Å². The maximum absolute atomic E-state index is 11.7. The van der Waals surface area contributed by atoms with Crippen molar-refractivity contribution < 1.29 is 4.21 Å². The summed E-state index contributed by atoms with van der Waals surface area (Å²) in [5.41, 5.74) is 0. The molecular formula is C10H11BrOS. The van der Waals surface area contributed by atoms with Gasteiger partial charge in [-0.2, -0.15) is 0 Å². The highest BCUT2D eigenvalue weighted by atomic mass is 79.9. The summed E-state index contributed by atoms with van der Waals surface area (Å²) in [4.78, 5) is 0.862. The monoisotopic (exact) mass is 258 g/mol. The molecule has 1 aromatic rings. The van der Waals surface area contributed by atoms with Gasteiger partial charge >= 0.3 is 0 Å². The van der Waals surface area contributed by atoms with Crippen LogP contribution in [0.2, 0.25) is 0 Å². The largest absolute Gasteiger partial charge is 0.254 e. The summed E-state index contributed by atoms with van der Waals surface area (Å²) < 4.78 is 12.6. The van der Waals surface area contributed by atoms with Gasteiger partial charge in [0, 0.05) is 10.2 Å².